The summed E-state index contributed by atoms with van der Waals surface area (Å²) in [7, 11) is 0. The van der Waals surface area contributed by atoms with Crippen molar-refractivity contribution >= 4 is 55.9 Å². The van der Waals surface area contributed by atoms with E-state index in [0.29, 0.717) is 42.3 Å². The molecule has 160 valence electrons. The van der Waals surface area contributed by atoms with Crippen LogP contribution >= 0.6 is 27.3 Å². The van der Waals surface area contributed by atoms with Gasteiger partial charge in [0.15, 0.2) is 0 Å². The van der Waals surface area contributed by atoms with Gasteiger partial charge in [-0.1, -0.05) is 0 Å². The minimum atomic E-state index is -0.443. The molecule has 0 spiro atoms. The van der Waals surface area contributed by atoms with Gasteiger partial charge in [-0.05, 0) is 72.4 Å². The van der Waals surface area contributed by atoms with Gasteiger partial charge in [-0.2, -0.15) is 0 Å². The van der Waals surface area contributed by atoms with Crippen LogP contribution in [0.2, 0.25) is 0 Å². The number of pyridine rings is 1. The van der Waals surface area contributed by atoms with Crippen molar-refractivity contribution in [1.82, 2.24) is 9.88 Å². The van der Waals surface area contributed by atoms with E-state index >= 15 is 0 Å². The zero-order valence-corrected chi connectivity index (χ0v) is 18.9. The molecule has 0 radical (unpaired) electrons. The lowest BCUT2D eigenvalue weighted by molar-refractivity contribution is -0.121. The number of rotatable bonds is 7. The first kappa shape index (κ1) is 22.4. The highest BCUT2D eigenvalue weighted by Crippen LogP contribution is 2.24. The third kappa shape index (κ3) is 6.10. The minimum Gasteiger partial charge on any atom is -0.462 e. The first-order valence-corrected chi connectivity index (χ1v) is 11.3. The molecule has 0 aliphatic carbocycles. The van der Waals surface area contributed by atoms with Crippen LogP contribution in [0, 0.1) is 5.92 Å². The van der Waals surface area contributed by atoms with E-state index in [4.69, 9.17) is 4.74 Å². The van der Waals surface area contributed by atoms with Crippen molar-refractivity contribution < 1.29 is 19.1 Å². The zero-order valence-electron chi connectivity index (χ0n) is 16.5. The van der Waals surface area contributed by atoms with Crippen LogP contribution in [0.3, 0.4) is 0 Å². The number of hydrogen-bond acceptors (Lipinski definition) is 7. The van der Waals surface area contributed by atoms with Crippen molar-refractivity contribution in [2.75, 3.05) is 36.9 Å². The molecule has 10 heteroatoms. The predicted octanol–water partition coefficient (Wildman–Crippen LogP) is 3.37. The molecule has 2 aromatic rings. The van der Waals surface area contributed by atoms with Gasteiger partial charge in [0.25, 0.3) is 0 Å². The Morgan fingerprint density at radius 1 is 1.23 bits per heavy atom. The molecule has 1 saturated heterocycles. The molecule has 1 aliphatic rings. The van der Waals surface area contributed by atoms with Gasteiger partial charge in [-0.25, -0.2) is 9.78 Å². The largest absolute Gasteiger partial charge is 0.462 e. The van der Waals surface area contributed by atoms with E-state index < -0.39 is 5.97 Å². The molecule has 2 N–H and O–H groups in total. The van der Waals surface area contributed by atoms with E-state index in [1.165, 1.54) is 11.3 Å². The van der Waals surface area contributed by atoms with Crippen LogP contribution in [0.25, 0.3) is 0 Å². The number of nitrogens with zero attached hydrogens (tertiary/aromatic N) is 2. The molecule has 2 amide bonds. The fraction of sp³-hybridized carbons (Fsp3) is 0.400. The summed E-state index contributed by atoms with van der Waals surface area (Å²) in [5.74, 6) is -0.265. The normalized spacial score (nSPS) is 14.9. The maximum absolute atomic E-state index is 12.4. The molecular formula is C20H23BrN4O4S. The Balaban J connectivity index is 1.45. The second-order valence-electron chi connectivity index (χ2n) is 6.83. The fourth-order valence-corrected chi connectivity index (χ4v) is 4.20. The molecule has 0 bridgehead atoms. The predicted molar refractivity (Wildman–Crippen MR) is 119 cm³/mol. The Kier molecular flexibility index (Phi) is 7.94. The summed E-state index contributed by atoms with van der Waals surface area (Å²) in [4.78, 5) is 42.9. The summed E-state index contributed by atoms with van der Waals surface area (Å²) in [5.41, 5.74) is 0.368. The van der Waals surface area contributed by atoms with Crippen LogP contribution in [0.4, 0.5) is 10.8 Å². The van der Waals surface area contributed by atoms with E-state index in [-0.39, 0.29) is 30.9 Å². The van der Waals surface area contributed by atoms with Crippen LogP contribution in [-0.4, -0.2) is 53.9 Å². The molecule has 1 fully saturated rings. The van der Waals surface area contributed by atoms with Gasteiger partial charge in [0, 0.05) is 16.6 Å². The van der Waals surface area contributed by atoms with Crippen molar-refractivity contribution in [2.24, 2.45) is 5.92 Å². The van der Waals surface area contributed by atoms with Crippen molar-refractivity contribution in [3.63, 3.8) is 0 Å². The van der Waals surface area contributed by atoms with E-state index in [9.17, 15) is 14.4 Å². The number of likely N-dealkylation sites (tertiary alicyclic amines) is 1. The first-order chi connectivity index (χ1) is 14.5. The molecule has 0 saturated carbocycles. The smallest absolute Gasteiger partial charge is 0.341 e. The molecule has 3 rings (SSSR count). The Hall–Kier alpha value is -2.30. The number of carbonyl (C=O) groups is 3. The third-order valence-corrected chi connectivity index (χ3v) is 6.02. The molecule has 0 aromatic carbocycles. The third-order valence-electron chi connectivity index (χ3n) is 4.72. The van der Waals surface area contributed by atoms with Crippen molar-refractivity contribution in [1.29, 1.82) is 0 Å². The molecule has 30 heavy (non-hydrogen) atoms. The van der Waals surface area contributed by atoms with Crippen molar-refractivity contribution in [3.8, 4) is 0 Å². The first-order valence-electron chi connectivity index (χ1n) is 9.65. The van der Waals surface area contributed by atoms with Gasteiger partial charge in [0.2, 0.25) is 11.8 Å². The Labute approximate surface area is 187 Å². The van der Waals surface area contributed by atoms with Gasteiger partial charge < -0.3 is 15.4 Å². The number of hydrogen-bond donors (Lipinski definition) is 2. The van der Waals surface area contributed by atoms with Crippen LogP contribution in [0.15, 0.2) is 34.2 Å². The number of amides is 2. The second kappa shape index (κ2) is 10.6. The van der Waals surface area contributed by atoms with E-state index in [1.54, 1.807) is 30.6 Å². The highest BCUT2D eigenvalue weighted by molar-refractivity contribution is 9.10. The lowest BCUT2D eigenvalue weighted by Crippen LogP contribution is -2.41. The van der Waals surface area contributed by atoms with Gasteiger partial charge in [-0.15, -0.1) is 11.3 Å². The Morgan fingerprint density at radius 3 is 2.67 bits per heavy atom. The second-order valence-corrected chi connectivity index (χ2v) is 8.67. The van der Waals surface area contributed by atoms with Gasteiger partial charge in [-0.3, -0.25) is 14.5 Å². The lowest BCUT2D eigenvalue weighted by Gasteiger charge is -2.30. The number of aromatic nitrogens is 1. The van der Waals surface area contributed by atoms with E-state index in [0.717, 1.165) is 4.47 Å². The molecular weight excluding hydrogens is 472 g/mol. The summed E-state index contributed by atoms with van der Waals surface area (Å²) in [6.45, 7) is 3.52. The van der Waals surface area contributed by atoms with Crippen LogP contribution in [0.1, 0.15) is 30.1 Å². The summed E-state index contributed by atoms with van der Waals surface area (Å²) < 4.78 is 5.85. The minimum absolute atomic E-state index is 0.0495. The Bertz CT molecular complexity index is 894. The number of nitrogens with one attached hydrogen (secondary N) is 2. The van der Waals surface area contributed by atoms with Crippen LogP contribution in [0.5, 0.6) is 0 Å². The van der Waals surface area contributed by atoms with Crippen LogP contribution < -0.4 is 10.6 Å². The maximum atomic E-state index is 12.4. The fourth-order valence-electron chi connectivity index (χ4n) is 3.18. The average Bonchev–Trinajstić information content (AvgIpc) is 3.18. The molecule has 0 unspecified atom stereocenters. The average molecular weight is 495 g/mol. The monoisotopic (exact) mass is 494 g/mol. The molecule has 2 aromatic heterocycles. The summed E-state index contributed by atoms with van der Waals surface area (Å²) in [5, 5.41) is 7.87. The lowest BCUT2D eigenvalue weighted by atomic mass is 9.96. The van der Waals surface area contributed by atoms with Gasteiger partial charge in [0.05, 0.1) is 18.7 Å². The summed E-state index contributed by atoms with van der Waals surface area (Å²) >= 11 is 4.60. The van der Waals surface area contributed by atoms with Gasteiger partial charge in [0.1, 0.15) is 10.8 Å². The van der Waals surface area contributed by atoms with Crippen molar-refractivity contribution in [3.05, 3.63) is 39.8 Å². The van der Waals surface area contributed by atoms with Crippen LogP contribution in [-0.2, 0) is 14.3 Å². The zero-order chi connectivity index (χ0) is 21.5. The number of piperidine rings is 1. The van der Waals surface area contributed by atoms with E-state index in [1.807, 2.05) is 11.0 Å². The standard InChI is InChI=1S/C20H23BrN4O4S/c1-2-29-20(28)15-7-10-30-19(15)24-17(26)12-25-8-5-13(6-9-25)18(27)23-16-4-3-14(21)11-22-16/h3-4,7,10-11,13H,2,5-6,8-9,12H2,1H3,(H,24,26)(H,22,23,27). The Morgan fingerprint density at radius 2 is 2.00 bits per heavy atom. The number of ether oxygens (including phenoxy) is 1. The number of halogens is 1. The van der Waals surface area contributed by atoms with Gasteiger partial charge >= 0.3 is 5.97 Å². The quantitative estimate of drug-likeness (QED) is 0.572. The van der Waals surface area contributed by atoms with E-state index in [2.05, 4.69) is 31.5 Å². The molecule has 0 atom stereocenters. The van der Waals surface area contributed by atoms with Crippen molar-refractivity contribution in [2.45, 2.75) is 19.8 Å². The maximum Gasteiger partial charge on any atom is 0.341 e. The number of esters is 1. The molecule has 3 heterocycles. The summed E-state index contributed by atoms with van der Waals surface area (Å²) in [6.07, 6.45) is 2.98. The SMILES string of the molecule is CCOC(=O)c1ccsc1NC(=O)CN1CCC(C(=O)Nc2ccc(Br)cn2)CC1. The summed E-state index contributed by atoms with van der Waals surface area (Å²) in [6, 6.07) is 5.21. The highest BCUT2D eigenvalue weighted by Gasteiger charge is 2.26. The molecule has 1 aliphatic heterocycles. The number of carbonyl (C=O) groups excluding carboxylic acids is 3. The number of anilines is 2. The number of thiophene rings is 1. The highest BCUT2D eigenvalue weighted by atomic mass is 79.9. The topological polar surface area (TPSA) is 101 Å². The molecule has 8 nitrogen and oxygen atoms in total.